The summed E-state index contributed by atoms with van der Waals surface area (Å²) in [6, 6.07) is 6.05. The van der Waals surface area contributed by atoms with Gasteiger partial charge in [0.05, 0.1) is 15.2 Å². The minimum atomic E-state index is -0.267. The van der Waals surface area contributed by atoms with Gasteiger partial charge >= 0.3 is 0 Å². The fraction of sp³-hybridized carbons (Fsp3) is 0.300. The summed E-state index contributed by atoms with van der Waals surface area (Å²) in [5.74, 6) is 0. The molecule has 0 amide bonds. The van der Waals surface area contributed by atoms with E-state index in [9.17, 15) is 0 Å². The Kier molecular flexibility index (Phi) is 2.21. The molecule has 0 fully saturated rings. The summed E-state index contributed by atoms with van der Waals surface area (Å²) in [5.41, 5.74) is 2.06. The van der Waals surface area contributed by atoms with E-state index in [4.69, 9.17) is 0 Å². The first-order chi connectivity index (χ1) is 7.86. The number of thiazole rings is 1. The molecule has 1 aromatic heterocycles. The second-order valence-corrected chi connectivity index (χ2v) is 4.59. The van der Waals surface area contributed by atoms with Crippen LogP contribution in [0, 0.1) is 0 Å². The van der Waals surface area contributed by atoms with Crippen molar-refractivity contribution in [3.8, 4) is 0 Å². The Morgan fingerprint density at radius 2 is 2.06 bits per heavy atom. The predicted octanol–water partition coefficient (Wildman–Crippen LogP) is 3.69. The van der Waals surface area contributed by atoms with E-state index in [2.05, 4.69) is 38.6 Å². The van der Waals surface area contributed by atoms with Crippen molar-refractivity contribution in [2.45, 2.75) is 19.5 Å². The molecule has 0 spiro atoms. The van der Waals surface area contributed by atoms with Gasteiger partial charge in [0.1, 0.15) is 0 Å². The van der Waals surface area contributed by atoms with Crippen LogP contribution in [0.3, 0.4) is 0 Å². The number of benzene rings is 1. The smallest absolute Gasteiger partial charge is 0.210 e. The molecule has 1 aliphatic heterocycles. The molecule has 0 N–H and O–H groups in total. The Morgan fingerprint density at radius 1 is 1.25 bits per heavy atom. The lowest BCUT2D eigenvalue weighted by atomic mass is 10.2. The minimum absolute atomic E-state index is 0.267. The van der Waals surface area contributed by atoms with Crippen LogP contribution in [0.4, 0.5) is 0 Å². The third kappa shape index (κ3) is 1.51. The van der Waals surface area contributed by atoms with Crippen LogP contribution >= 0.6 is 11.3 Å². The molecule has 0 saturated carbocycles. The standard InChI is InChI=1S/C10H9N5S/c1-2-9-11-7-4-3-6(5-8(7)16-9)10-12-14-15-13-10/h3-5,10H,2H2,1H3. The van der Waals surface area contributed by atoms with Gasteiger partial charge in [-0.05, 0) is 29.0 Å². The molecule has 5 nitrogen and oxygen atoms in total. The maximum absolute atomic E-state index is 4.51. The fourth-order valence-corrected chi connectivity index (χ4v) is 2.56. The summed E-state index contributed by atoms with van der Waals surface area (Å²) in [5, 5.41) is 16.0. The maximum Gasteiger partial charge on any atom is 0.210 e. The SMILES string of the molecule is CCc1nc2ccc(C3N=NN=N3)cc2s1. The average molecular weight is 231 g/mol. The van der Waals surface area contributed by atoms with E-state index < -0.39 is 0 Å². The zero-order valence-corrected chi connectivity index (χ0v) is 9.48. The highest BCUT2D eigenvalue weighted by Crippen LogP contribution is 2.29. The molecule has 1 aliphatic rings. The summed E-state index contributed by atoms with van der Waals surface area (Å²) in [6.07, 6.45) is 0.703. The Bertz CT molecular complexity index is 574. The quantitative estimate of drug-likeness (QED) is 0.777. The van der Waals surface area contributed by atoms with E-state index >= 15 is 0 Å². The van der Waals surface area contributed by atoms with E-state index in [0.717, 1.165) is 22.5 Å². The van der Waals surface area contributed by atoms with E-state index in [1.165, 1.54) is 4.70 Å². The van der Waals surface area contributed by atoms with Gasteiger partial charge in [0.15, 0.2) is 0 Å². The topological polar surface area (TPSA) is 62.3 Å². The fourth-order valence-electron chi connectivity index (χ4n) is 1.60. The zero-order valence-electron chi connectivity index (χ0n) is 8.66. The van der Waals surface area contributed by atoms with Crippen LogP contribution in [0.2, 0.25) is 0 Å². The lowest BCUT2D eigenvalue weighted by molar-refractivity contribution is 0.766. The molecule has 3 rings (SSSR count). The molecule has 1 aromatic carbocycles. The highest BCUT2D eigenvalue weighted by Gasteiger charge is 2.14. The molecule has 6 heteroatoms. The van der Waals surface area contributed by atoms with Gasteiger partial charge in [-0.3, -0.25) is 0 Å². The van der Waals surface area contributed by atoms with Gasteiger partial charge in [0.2, 0.25) is 6.17 Å². The van der Waals surface area contributed by atoms with Crippen molar-refractivity contribution in [3.63, 3.8) is 0 Å². The van der Waals surface area contributed by atoms with Crippen LogP contribution in [0.25, 0.3) is 10.2 Å². The molecular formula is C10H9N5S. The number of nitrogens with zero attached hydrogens (tertiary/aromatic N) is 5. The molecule has 2 aromatic rings. The van der Waals surface area contributed by atoms with Gasteiger partial charge in [-0.15, -0.1) is 21.6 Å². The molecule has 0 aliphatic carbocycles. The van der Waals surface area contributed by atoms with Crippen LogP contribution < -0.4 is 0 Å². The van der Waals surface area contributed by atoms with Gasteiger partial charge in [0, 0.05) is 5.56 Å². The summed E-state index contributed by atoms with van der Waals surface area (Å²) >= 11 is 1.71. The Labute approximate surface area is 95.9 Å². The second kappa shape index (κ2) is 3.71. The summed E-state index contributed by atoms with van der Waals surface area (Å²) in [6.45, 7) is 2.11. The van der Waals surface area contributed by atoms with E-state index in [0.29, 0.717) is 0 Å². The van der Waals surface area contributed by atoms with E-state index in [-0.39, 0.29) is 6.17 Å². The number of hydrogen-bond acceptors (Lipinski definition) is 6. The Morgan fingerprint density at radius 3 is 2.81 bits per heavy atom. The first-order valence-electron chi connectivity index (χ1n) is 5.06. The van der Waals surface area contributed by atoms with Gasteiger partial charge in [-0.2, -0.15) is 0 Å². The second-order valence-electron chi connectivity index (χ2n) is 3.47. The van der Waals surface area contributed by atoms with Crippen molar-refractivity contribution < 1.29 is 0 Å². The zero-order chi connectivity index (χ0) is 11.0. The largest absolute Gasteiger partial charge is 0.241 e. The van der Waals surface area contributed by atoms with Gasteiger partial charge in [-0.1, -0.05) is 13.0 Å². The molecule has 2 heterocycles. The number of aromatic nitrogens is 1. The third-order valence-corrected chi connectivity index (χ3v) is 3.58. The monoisotopic (exact) mass is 231 g/mol. The van der Waals surface area contributed by atoms with E-state index in [1.807, 2.05) is 12.1 Å². The lowest BCUT2D eigenvalue weighted by Gasteiger charge is -1.99. The summed E-state index contributed by atoms with van der Waals surface area (Å²) in [7, 11) is 0. The number of rotatable bonds is 2. The highest BCUT2D eigenvalue weighted by molar-refractivity contribution is 7.18. The molecule has 0 atom stereocenters. The van der Waals surface area contributed by atoms with Crippen LogP contribution in [-0.2, 0) is 6.42 Å². The van der Waals surface area contributed by atoms with Crippen molar-refractivity contribution in [1.82, 2.24) is 4.98 Å². The van der Waals surface area contributed by atoms with Crippen molar-refractivity contribution in [3.05, 3.63) is 28.8 Å². The predicted molar refractivity (Wildman–Crippen MR) is 61.5 cm³/mol. The lowest BCUT2D eigenvalue weighted by Crippen LogP contribution is -1.86. The van der Waals surface area contributed by atoms with Crippen LogP contribution in [0.15, 0.2) is 38.9 Å². The van der Waals surface area contributed by atoms with Gasteiger partial charge < -0.3 is 0 Å². The molecule has 80 valence electrons. The Balaban J connectivity index is 2.07. The van der Waals surface area contributed by atoms with Crippen molar-refractivity contribution >= 4 is 21.6 Å². The Hall–Kier alpha value is -1.69. The van der Waals surface area contributed by atoms with Crippen LogP contribution in [-0.4, -0.2) is 4.98 Å². The van der Waals surface area contributed by atoms with Crippen molar-refractivity contribution in [1.29, 1.82) is 0 Å². The first-order valence-corrected chi connectivity index (χ1v) is 5.88. The number of hydrogen-bond donors (Lipinski definition) is 0. The minimum Gasteiger partial charge on any atom is -0.241 e. The molecule has 16 heavy (non-hydrogen) atoms. The van der Waals surface area contributed by atoms with E-state index in [1.54, 1.807) is 11.3 Å². The van der Waals surface area contributed by atoms with Gasteiger partial charge in [0.25, 0.3) is 0 Å². The van der Waals surface area contributed by atoms with Gasteiger partial charge in [-0.25, -0.2) is 4.98 Å². The van der Waals surface area contributed by atoms with Crippen LogP contribution in [0.5, 0.6) is 0 Å². The highest BCUT2D eigenvalue weighted by atomic mass is 32.1. The molecular weight excluding hydrogens is 222 g/mol. The first kappa shape index (κ1) is 9.53. The molecule has 0 unspecified atom stereocenters. The molecule has 0 bridgehead atoms. The number of aryl methyl sites for hydroxylation is 1. The van der Waals surface area contributed by atoms with Crippen molar-refractivity contribution in [2.75, 3.05) is 0 Å². The van der Waals surface area contributed by atoms with Crippen LogP contribution in [0.1, 0.15) is 23.7 Å². The molecule has 0 saturated heterocycles. The average Bonchev–Trinajstić information content (AvgIpc) is 2.96. The van der Waals surface area contributed by atoms with Crippen molar-refractivity contribution in [2.24, 2.45) is 20.7 Å². The summed E-state index contributed by atoms with van der Waals surface area (Å²) in [4.78, 5) is 4.51. The molecule has 0 radical (unpaired) electrons. The normalized spacial score (nSPS) is 15.3. The number of fused-ring (bicyclic) bond motifs is 1. The third-order valence-electron chi connectivity index (χ3n) is 2.42. The summed E-state index contributed by atoms with van der Waals surface area (Å²) < 4.78 is 1.17. The maximum atomic E-state index is 4.51.